The van der Waals surface area contributed by atoms with Gasteiger partial charge in [-0.2, -0.15) is 12.6 Å². The van der Waals surface area contributed by atoms with Gasteiger partial charge in [-0.3, -0.25) is 4.79 Å². The molecule has 0 aromatic carbocycles. The van der Waals surface area contributed by atoms with Crippen LogP contribution in [0.1, 0.15) is 6.42 Å². The normalized spacial score (nSPS) is 30.4. The van der Waals surface area contributed by atoms with Crippen LogP contribution >= 0.6 is 12.6 Å². The van der Waals surface area contributed by atoms with Gasteiger partial charge >= 0.3 is 0 Å². The van der Waals surface area contributed by atoms with Crippen LogP contribution in [0.5, 0.6) is 0 Å². The summed E-state index contributed by atoms with van der Waals surface area (Å²) in [6, 6.07) is 0. The highest BCUT2D eigenvalue weighted by molar-refractivity contribution is 7.81. The number of carbonyl (C=O) groups is 1. The van der Waals surface area contributed by atoms with Crippen LogP contribution in [0.15, 0.2) is 0 Å². The zero-order chi connectivity index (χ0) is 5.28. The van der Waals surface area contributed by atoms with Gasteiger partial charge in [0.1, 0.15) is 0 Å². The lowest BCUT2D eigenvalue weighted by Crippen LogP contribution is -2.13. The maximum atomic E-state index is 10.3. The highest BCUT2D eigenvalue weighted by Gasteiger charge is 2.16. The number of hydrogen-bond acceptors (Lipinski definition) is 2. The highest BCUT2D eigenvalue weighted by atomic mass is 32.1. The molecule has 1 amide bonds. The van der Waals surface area contributed by atoms with Gasteiger partial charge in [-0.25, -0.2) is 0 Å². The summed E-state index contributed by atoms with van der Waals surface area (Å²) in [6.45, 7) is 0.738. The van der Waals surface area contributed by atoms with Crippen LogP contribution in [-0.4, -0.2) is 17.7 Å². The second kappa shape index (κ2) is 1.74. The third kappa shape index (κ3) is 1.09. The van der Waals surface area contributed by atoms with Crippen LogP contribution in [0.3, 0.4) is 0 Å². The van der Waals surface area contributed by atoms with Crippen molar-refractivity contribution < 1.29 is 4.79 Å². The molecule has 1 aliphatic heterocycles. The molecule has 1 saturated heterocycles. The van der Waals surface area contributed by atoms with E-state index in [-0.39, 0.29) is 11.2 Å². The van der Waals surface area contributed by atoms with Crippen molar-refractivity contribution in [1.82, 2.24) is 5.32 Å². The van der Waals surface area contributed by atoms with Crippen LogP contribution in [-0.2, 0) is 4.79 Å². The summed E-state index contributed by atoms with van der Waals surface area (Å²) in [4.78, 5) is 10.3. The molecule has 0 bridgehead atoms. The van der Waals surface area contributed by atoms with Crippen molar-refractivity contribution in [2.75, 3.05) is 6.54 Å². The number of thiol groups is 1. The van der Waals surface area contributed by atoms with E-state index in [0.29, 0.717) is 6.42 Å². The van der Waals surface area contributed by atoms with Gasteiger partial charge in [0.25, 0.3) is 0 Å². The van der Waals surface area contributed by atoms with E-state index in [4.69, 9.17) is 0 Å². The monoisotopic (exact) mass is 117 g/mol. The predicted molar refractivity (Wildman–Crippen MR) is 30.4 cm³/mol. The fraction of sp³-hybridized carbons (Fsp3) is 0.750. The SMILES string of the molecule is O=C1CC(S)CN1. The third-order valence-corrected chi connectivity index (χ3v) is 1.32. The van der Waals surface area contributed by atoms with Crippen molar-refractivity contribution in [2.45, 2.75) is 11.7 Å². The minimum atomic E-state index is 0.125. The first kappa shape index (κ1) is 4.97. The maximum absolute atomic E-state index is 10.3. The van der Waals surface area contributed by atoms with Gasteiger partial charge in [0.05, 0.1) is 0 Å². The molecule has 0 spiro atoms. The number of carbonyl (C=O) groups excluding carboxylic acids is 1. The van der Waals surface area contributed by atoms with Gasteiger partial charge in [-0.05, 0) is 0 Å². The molecular weight excluding hydrogens is 110 g/mol. The van der Waals surface area contributed by atoms with E-state index < -0.39 is 0 Å². The van der Waals surface area contributed by atoms with Crippen LogP contribution in [0.2, 0.25) is 0 Å². The van der Waals surface area contributed by atoms with E-state index in [1.54, 1.807) is 0 Å². The Hall–Kier alpha value is -0.180. The molecule has 1 unspecified atom stereocenters. The Morgan fingerprint density at radius 1 is 1.86 bits per heavy atom. The molecule has 40 valence electrons. The van der Waals surface area contributed by atoms with Gasteiger partial charge in [-0.15, -0.1) is 0 Å². The zero-order valence-corrected chi connectivity index (χ0v) is 4.74. The number of nitrogens with one attached hydrogen (secondary N) is 1. The van der Waals surface area contributed by atoms with Gasteiger partial charge < -0.3 is 5.32 Å². The predicted octanol–water partition coefficient (Wildman–Crippen LogP) is -0.195. The molecule has 1 aliphatic rings. The number of amides is 1. The topological polar surface area (TPSA) is 29.1 Å². The Kier molecular flexibility index (Phi) is 1.23. The Morgan fingerprint density at radius 2 is 2.57 bits per heavy atom. The molecule has 2 nitrogen and oxygen atoms in total. The van der Waals surface area contributed by atoms with Crippen LogP contribution < -0.4 is 5.32 Å². The quantitative estimate of drug-likeness (QED) is 0.423. The van der Waals surface area contributed by atoms with E-state index in [1.807, 2.05) is 0 Å². The Morgan fingerprint density at radius 3 is 2.71 bits per heavy atom. The smallest absolute Gasteiger partial charge is 0.221 e. The van der Waals surface area contributed by atoms with E-state index in [1.165, 1.54) is 0 Å². The summed E-state index contributed by atoms with van der Waals surface area (Å²) in [5.41, 5.74) is 0. The Balaban J connectivity index is 2.40. The van der Waals surface area contributed by atoms with Crippen molar-refractivity contribution in [3.8, 4) is 0 Å². The molecule has 0 aromatic rings. The number of hydrogen-bond donors (Lipinski definition) is 2. The van der Waals surface area contributed by atoms with E-state index in [9.17, 15) is 4.79 Å². The number of rotatable bonds is 0. The molecule has 7 heavy (non-hydrogen) atoms. The second-order valence-electron chi connectivity index (χ2n) is 1.66. The van der Waals surface area contributed by atoms with Crippen molar-refractivity contribution in [3.63, 3.8) is 0 Å². The van der Waals surface area contributed by atoms with Crippen molar-refractivity contribution in [2.24, 2.45) is 0 Å². The summed E-state index contributed by atoms with van der Waals surface area (Å²) in [5, 5.41) is 2.91. The van der Waals surface area contributed by atoms with Gasteiger partial charge in [0, 0.05) is 18.2 Å². The summed E-state index contributed by atoms with van der Waals surface area (Å²) >= 11 is 4.07. The third-order valence-electron chi connectivity index (χ3n) is 0.956. The van der Waals surface area contributed by atoms with Crippen molar-refractivity contribution in [3.05, 3.63) is 0 Å². The molecule has 0 radical (unpaired) electrons. The molecule has 0 saturated carbocycles. The molecule has 0 aliphatic carbocycles. The maximum Gasteiger partial charge on any atom is 0.221 e. The summed E-state index contributed by atoms with van der Waals surface area (Å²) in [5.74, 6) is 0.125. The Labute approximate surface area is 47.7 Å². The summed E-state index contributed by atoms with van der Waals surface area (Å²) in [7, 11) is 0. The lowest BCUT2D eigenvalue weighted by Gasteiger charge is -1.88. The van der Waals surface area contributed by atoms with Crippen molar-refractivity contribution >= 4 is 18.5 Å². The fourth-order valence-electron chi connectivity index (χ4n) is 0.590. The average molecular weight is 117 g/mol. The largest absolute Gasteiger partial charge is 0.355 e. The minimum Gasteiger partial charge on any atom is -0.355 e. The summed E-state index contributed by atoms with van der Waals surface area (Å²) < 4.78 is 0. The molecule has 1 rings (SSSR count). The Bertz CT molecular complexity index is 93.7. The molecule has 1 N–H and O–H groups in total. The van der Waals surface area contributed by atoms with E-state index in [2.05, 4.69) is 17.9 Å². The molecule has 0 aromatic heterocycles. The fourth-order valence-corrected chi connectivity index (χ4v) is 0.847. The van der Waals surface area contributed by atoms with Crippen molar-refractivity contribution in [1.29, 1.82) is 0 Å². The first-order chi connectivity index (χ1) is 3.29. The first-order valence-corrected chi connectivity index (χ1v) is 2.75. The van der Waals surface area contributed by atoms with Gasteiger partial charge in [0.15, 0.2) is 0 Å². The molecule has 1 fully saturated rings. The second-order valence-corrected chi connectivity index (χ2v) is 2.39. The molecule has 1 heterocycles. The average Bonchev–Trinajstić information content (AvgIpc) is 1.87. The van der Waals surface area contributed by atoms with E-state index >= 15 is 0 Å². The first-order valence-electron chi connectivity index (χ1n) is 2.24. The summed E-state index contributed by atoms with van der Waals surface area (Å²) in [6.07, 6.45) is 0.586. The molecule has 1 atom stereocenters. The zero-order valence-electron chi connectivity index (χ0n) is 3.85. The highest BCUT2D eigenvalue weighted by Crippen LogP contribution is 2.04. The van der Waals surface area contributed by atoms with E-state index in [0.717, 1.165) is 6.54 Å². The van der Waals surface area contributed by atoms with Crippen LogP contribution in [0, 0.1) is 0 Å². The van der Waals surface area contributed by atoms with Gasteiger partial charge in [-0.1, -0.05) is 0 Å². The lowest BCUT2D eigenvalue weighted by molar-refractivity contribution is -0.119. The molecular formula is C4H7NOS. The molecule has 3 heteroatoms. The van der Waals surface area contributed by atoms with Crippen LogP contribution in [0.25, 0.3) is 0 Å². The lowest BCUT2D eigenvalue weighted by atomic mass is 10.4. The van der Waals surface area contributed by atoms with Crippen LogP contribution in [0.4, 0.5) is 0 Å². The minimum absolute atomic E-state index is 0.125. The standard InChI is InChI=1S/C4H7NOS/c6-4-1-3(7)2-5-4/h3,7H,1-2H2,(H,5,6). The van der Waals surface area contributed by atoms with Gasteiger partial charge in [0.2, 0.25) is 5.91 Å².